The predicted octanol–water partition coefficient (Wildman–Crippen LogP) is 1.98. The molecule has 4 nitrogen and oxygen atoms in total. The molecule has 1 aliphatic rings. The maximum atomic E-state index is 9.31. The van der Waals surface area contributed by atoms with Crippen LogP contribution in [0.5, 0.6) is 0 Å². The Balaban J connectivity index is 1.99. The summed E-state index contributed by atoms with van der Waals surface area (Å²) in [5.41, 5.74) is 6.67. The third-order valence-electron chi connectivity index (χ3n) is 4.71. The monoisotopic (exact) mass is 288 g/mol. The van der Waals surface area contributed by atoms with Crippen molar-refractivity contribution in [1.82, 2.24) is 9.47 Å². The molecule has 2 heterocycles. The highest BCUT2D eigenvalue weighted by atomic mass is 16.5. The summed E-state index contributed by atoms with van der Waals surface area (Å²) in [6.45, 7) is 6.11. The van der Waals surface area contributed by atoms with E-state index in [0.29, 0.717) is 0 Å². The van der Waals surface area contributed by atoms with Gasteiger partial charge in [-0.15, -0.1) is 0 Å². The molecule has 0 atom stereocenters. The highest BCUT2D eigenvalue weighted by Crippen LogP contribution is 2.32. The van der Waals surface area contributed by atoms with Crippen LogP contribution < -0.4 is 0 Å². The number of ether oxygens (including phenoxy) is 1. The highest BCUT2D eigenvalue weighted by molar-refractivity contribution is 5.87. The van der Waals surface area contributed by atoms with Gasteiger partial charge in [-0.1, -0.05) is 0 Å². The van der Waals surface area contributed by atoms with Crippen molar-refractivity contribution in [2.24, 2.45) is 7.05 Å². The number of hydrogen-bond donors (Lipinski definition) is 1. The van der Waals surface area contributed by atoms with Crippen LogP contribution in [0.25, 0.3) is 10.9 Å². The molecule has 1 N–H and O–H groups in total. The number of hydrogen-bond acceptors (Lipinski definition) is 3. The van der Waals surface area contributed by atoms with E-state index in [1.807, 2.05) is 0 Å². The lowest BCUT2D eigenvalue weighted by molar-refractivity contribution is 0.147. The first-order valence-corrected chi connectivity index (χ1v) is 7.57. The molecule has 0 amide bonds. The Kier molecular flexibility index (Phi) is 4.02. The maximum absolute atomic E-state index is 9.31. The van der Waals surface area contributed by atoms with E-state index in [1.54, 1.807) is 7.11 Å². The van der Waals surface area contributed by atoms with Gasteiger partial charge < -0.3 is 14.4 Å². The molecular weight excluding hydrogens is 264 g/mol. The van der Waals surface area contributed by atoms with E-state index in [-0.39, 0.29) is 6.61 Å². The molecule has 3 rings (SSSR count). The van der Waals surface area contributed by atoms with Gasteiger partial charge in [0.1, 0.15) is 0 Å². The Morgan fingerprint density at radius 3 is 2.62 bits per heavy atom. The molecule has 0 unspecified atom stereocenters. The van der Waals surface area contributed by atoms with E-state index in [0.717, 1.165) is 32.7 Å². The summed E-state index contributed by atoms with van der Waals surface area (Å²) < 4.78 is 7.43. The quantitative estimate of drug-likeness (QED) is 0.914. The minimum atomic E-state index is 0.205. The van der Waals surface area contributed by atoms with Crippen LogP contribution in [0.2, 0.25) is 0 Å². The van der Waals surface area contributed by atoms with Crippen molar-refractivity contribution in [3.63, 3.8) is 0 Å². The number of benzene rings is 1. The Hall–Kier alpha value is -1.36. The predicted molar refractivity (Wildman–Crippen MR) is 84.4 cm³/mol. The van der Waals surface area contributed by atoms with E-state index >= 15 is 0 Å². The SMILES string of the molecule is COCCN1Cc2cc3c(CCO)c(C)n(C)c3cc2C1. The lowest BCUT2D eigenvalue weighted by Crippen LogP contribution is -2.21. The second-order valence-corrected chi connectivity index (χ2v) is 5.94. The highest BCUT2D eigenvalue weighted by Gasteiger charge is 2.21. The first-order chi connectivity index (χ1) is 10.2. The molecule has 1 aliphatic heterocycles. The second-order valence-electron chi connectivity index (χ2n) is 5.94. The molecular formula is C17H24N2O2. The van der Waals surface area contributed by atoms with E-state index in [2.05, 4.69) is 35.6 Å². The number of fused-ring (bicyclic) bond motifs is 2. The standard InChI is InChI=1S/C17H24N2O2/c1-12-15(4-6-20)16-8-13-10-19(5-7-21-3)11-14(13)9-17(16)18(12)2/h8-9,20H,4-7,10-11H2,1-3H3. The van der Waals surface area contributed by atoms with Crippen molar-refractivity contribution in [2.75, 3.05) is 26.9 Å². The van der Waals surface area contributed by atoms with Crippen LogP contribution in [0.1, 0.15) is 22.4 Å². The molecule has 114 valence electrons. The van der Waals surface area contributed by atoms with Gasteiger partial charge in [-0.2, -0.15) is 0 Å². The fourth-order valence-electron chi connectivity index (χ4n) is 3.41. The van der Waals surface area contributed by atoms with Crippen LogP contribution in [0, 0.1) is 6.92 Å². The summed E-state index contributed by atoms with van der Waals surface area (Å²) in [4.78, 5) is 2.42. The summed E-state index contributed by atoms with van der Waals surface area (Å²) in [6.07, 6.45) is 0.731. The van der Waals surface area contributed by atoms with Crippen LogP contribution in [-0.2, 0) is 31.3 Å². The third-order valence-corrected chi connectivity index (χ3v) is 4.71. The smallest absolute Gasteiger partial charge is 0.0589 e. The minimum Gasteiger partial charge on any atom is -0.396 e. The van der Waals surface area contributed by atoms with Gasteiger partial charge in [-0.25, -0.2) is 0 Å². The lowest BCUT2D eigenvalue weighted by atomic mass is 10.0. The average molecular weight is 288 g/mol. The molecule has 21 heavy (non-hydrogen) atoms. The molecule has 2 aromatic rings. The van der Waals surface area contributed by atoms with E-state index in [1.165, 1.54) is 33.3 Å². The number of aliphatic hydroxyl groups excluding tert-OH is 1. The van der Waals surface area contributed by atoms with Crippen molar-refractivity contribution in [1.29, 1.82) is 0 Å². The van der Waals surface area contributed by atoms with Crippen LogP contribution in [0.4, 0.5) is 0 Å². The number of methoxy groups -OCH3 is 1. The van der Waals surface area contributed by atoms with Gasteiger partial charge in [0, 0.05) is 57.0 Å². The molecule has 0 radical (unpaired) electrons. The maximum Gasteiger partial charge on any atom is 0.0589 e. The topological polar surface area (TPSA) is 37.6 Å². The molecule has 0 aliphatic carbocycles. The Morgan fingerprint density at radius 2 is 1.95 bits per heavy atom. The average Bonchev–Trinajstić information content (AvgIpc) is 2.98. The molecule has 1 aromatic carbocycles. The van der Waals surface area contributed by atoms with Crippen LogP contribution >= 0.6 is 0 Å². The first-order valence-electron chi connectivity index (χ1n) is 7.57. The molecule has 0 saturated carbocycles. The Bertz CT molecular complexity index is 661. The number of aromatic nitrogens is 1. The van der Waals surface area contributed by atoms with Gasteiger partial charge >= 0.3 is 0 Å². The summed E-state index contributed by atoms with van der Waals surface area (Å²) in [5, 5.41) is 10.6. The minimum absolute atomic E-state index is 0.205. The number of nitrogens with zero attached hydrogens (tertiary/aromatic N) is 2. The summed E-state index contributed by atoms with van der Waals surface area (Å²) >= 11 is 0. The van der Waals surface area contributed by atoms with Crippen molar-refractivity contribution in [3.05, 3.63) is 34.5 Å². The van der Waals surface area contributed by atoms with Crippen molar-refractivity contribution in [3.8, 4) is 0 Å². The molecule has 0 fully saturated rings. The Labute approximate surface area is 125 Å². The van der Waals surface area contributed by atoms with Crippen molar-refractivity contribution in [2.45, 2.75) is 26.4 Å². The van der Waals surface area contributed by atoms with Gasteiger partial charge in [-0.05, 0) is 42.2 Å². The van der Waals surface area contributed by atoms with Crippen LogP contribution in [0.15, 0.2) is 12.1 Å². The summed E-state index contributed by atoms with van der Waals surface area (Å²) in [6, 6.07) is 4.65. The van der Waals surface area contributed by atoms with E-state index in [4.69, 9.17) is 4.74 Å². The fourth-order valence-corrected chi connectivity index (χ4v) is 3.41. The van der Waals surface area contributed by atoms with Gasteiger partial charge in [0.25, 0.3) is 0 Å². The van der Waals surface area contributed by atoms with Gasteiger partial charge in [0.2, 0.25) is 0 Å². The van der Waals surface area contributed by atoms with E-state index in [9.17, 15) is 5.11 Å². The largest absolute Gasteiger partial charge is 0.396 e. The molecule has 1 aromatic heterocycles. The zero-order chi connectivity index (χ0) is 15.0. The molecule has 0 saturated heterocycles. The number of aliphatic hydroxyl groups is 1. The van der Waals surface area contributed by atoms with Gasteiger partial charge in [0.15, 0.2) is 0 Å². The van der Waals surface area contributed by atoms with Crippen molar-refractivity contribution < 1.29 is 9.84 Å². The third kappa shape index (κ3) is 2.48. The normalized spacial score (nSPS) is 15.0. The van der Waals surface area contributed by atoms with Gasteiger partial charge in [0.05, 0.1) is 6.61 Å². The lowest BCUT2D eigenvalue weighted by Gasteiger charge is -2.13. The van der Waals surface area contributed by atoms with Crippen LogP contribution in [0.3, 0.4) is 0 Å². The Morgan fingerprint density at radius 1 is 1.24 bits per heavy atom. The summed E-state index contributed by atoms with van der Waals surface area (Å²) in [5.74, 6) is 0. The van der Waals surface area contributed by atoms with Crippen LogP contribution in [-0.4, -0.2) is 41.4 Å². The molecule has 0 bridgehead atoms. The second kappa shape index (κ2) is 5.79. The number of aryl methyl sites for hydroxylation is 1. The summed E-state index contributed by atoms with van der Waals surface area (Å²) in [7, 11) is 3.87. The zero-order valence-corrected chi connectivity index (χ0v) is 13.1. The van der Waals surface area contributed by atoms with E-state index < -0.39 is 0 Å². The van der Waals surface area contributed by atoms with Crippen molar-refractivity contribution >= 4 is 10.9 Å². The molecule has 4 heteroatoms. The first kappa shape index (κ1) is 14.6. The van der Waals surface area contributed by atoms with Gasteiger partial charge in [-0.3, -0.25) is 4.90 Å². The molecule has 0 spiro atoms. The number of rotatable bonds is 5. The zero-order valence-electron chi connectivity index (χ0n) is 13.1. The fraction of sp³-hybridized carbons (Fsp3) is 0.529.